The molecule has 0 radical (unpaired) electrons. The van der Waals surface area contributed by atoms with Crippen molar-refractivity contribution in [1.29, 1.82) is 0 Å². The van der Waals surface area contributed by atoms with E-state index in [2.05, 4.69) is 0 Å². The van der Waals surface area contributed by atoms with Crippen LogP contribution in [0.5, 0.6) is 0 Å². The molecule has 10 nitrogen and oxygen atoms in total. The first-order valence-electron chi connectivity index (χ1n) is 11.4. The van der Waals surface area contributed by atoms with E-state index in [1.807, 2.05) is 37.4 Å². The lowest BCUT2D eigenvalue weighted by Crippen LogP contribution is -2.43. The molecule has 0 N–H and O–H groups in total. The van der Waals surface area contributed by atoms with E-state index in [1.165, 1.54) is 9.80 Å². The van der Waals surface area contributed by atoms with Gasteiger partial charge >= 0.3 is 8.56 Å². The molecule has 0 spiro atoms. The molecule has 6 heterocycles. The maximum absolute atomic E-state index is 12.7. The highest BCUT2D eigenvalue weighted by Gasteiger charge is 2.61. The number of imide groups is 2. The van der Waals surface area contributed by atoms with Crippen molar-refractivity contribution in [3.05, 3.63) is 24.3 Å². The fourth-order valence-electron chi connectivity index (χ4n) is 5.98. The fraction of sp³-hybridized carbons (Fsp3) is 0.636. The minimum absolute atomic E-state index is 0.173. The van der Waals surface area contributed by atoms with Crippen LogP contribution in [0.2, 0.25) is 13.1 Å². The average molecular weight is 475 g/mol. The lowest BCUT2D eigenvalue weighted by atomic mass is 9.85. The Balaban J connectivity index is 0.974. The zero-order valence-corrected chi connectivity index (χ0v) is 19.4. The number of hydrogen-bond donors (Lipinski definition) is 0. The largest absolute Gasteiger partial charge is 0.393 e. The van der Waals surface area contributed by atoms with Crippen LogP contribution in [0.25, 0.3) is 0 Å². The lowest BCUT2D eigenvalue weighted by molar-refractivity contribution is -0.144. The number of rotatable bonds is 8. The van der Waals surface area contributed by atoms with Crippen LogP contribution in [-0.2, 0) is 37.5 Å². The quantitative estimate of drug-likeness (QED) is 0.265. The predicted molar refractivity (Wildman–Crippen MR) is 112 cm³/mol. The number of ether oxygens (including phenoxy) is 2. The van der Waals surface area contributed by atoms with Gasteiger partial charge < -0.3 is 18.3 Å². The Morgan fingerprint density at radius 2 is 0.970 bits per heavy atom. The van der Waals surface area contributed by atoms with Crippen LogP contribution >= 0.6 is 0 Å². The smallest absolute Gasteiger partial charge is 0.331 e. The third-order valence-corrected chi connectivity index (χ3v) is 9.33. The van der Waals surface area contributed by atoms with Gasteiger partial charge in [0, 0.05) is 0 Å². The SMILES string of the molecule is C[Si](C)(OCCN1C(=O)C2C3C=CC(O3)C2C1=O)OCCN1C(=O)C2C3C=CC(O3)C2C1=O. The van der Waals surface area contributed by atoms with Gasteiger partial charge in [-0.3, -0.25) is 29.0 Å². The molecule has 0 saturated carbocycles. The van der Waals surface area contributed by atoms with E-state index < -0.39 is 32.2 Å². The van der Waals surface area contributed by atoms with Gasteiger partial charge in [-0.2, -0.15) is 0 Å². The molecule has 4 fully saturated rings. The number of carbonyl (C=O) groups is 4. The van der Waals surface area contributed by atoms with E-state index in [4.69, 9.17) is 18.3 Å². The minimum Gasteiger partial charge on any atom is -0.393 e. The Labute approximate surface area is 191 Å². The molecule has 11 heteroatoms. The van der Waals surface area contributed by atoms with E-state index in [-0.39, 0.29) is 74.3 Å². The summed E-state index contributed by atoms with van der Waals surface area (Å²) < 4.78 is 23.1. The highest BCUT2D eigenvalue weighted by molar-refractivity contribution is 6.64. The van der Waals surface area contributed by atoms with Gasteiger partial charge in [-0.1, -0.05) is 24.3 Å². The van der Waals surface area contributed by atoms with Crippen molar-refractivity contribution in [1.82, 2.24) is 9.80 Å². The molecule has 6 rings (SSSR count). The standard InChI is InChI=1S/C22H26N2O8Si/c1-33(2,29-9-7-23-19(25)15-11-3-4-12(31-11)16(15)20(23)26)30-10-8-24-21(27)17-13-5-6-14(32-13)18(17)22(24)28/h3-6,11-18H,7-10H2,1-2H3. The van der Waals surface area contributed by atoms with Crippen molar-refractivity contribution in [3.63, 3.8) is 0 Å². The Morgan fingerprint density at radius 3 is 1.27 bits per heavy atom. The molecule has 4 bridgehead atoms. The van der Waals surface area contributed by atoms with E-state index in [9.17, 15) is 19.2 Å². The highest BCUT2D eigenvalue weighted by atomic mass is 28.4. The second-order valence-corrected chi connectivity index (χ2v) is 13.1. The van der Waals surface area contributed by atoms with Crippen LogP contribution in [0.1, 0.15) is 0 Å². The van der Waals surface area contributed by atoms with Gasteiger partial charge in [0.15, 0.2) is 0 Å². The molecule has 0 aliphatic carbocycles. The second-order valence-electron chi connectivity index (χ2n) is 9.76. The molecule has 176 valence electrons. The Morgan fingerprint density at radius 1 is 0.667 bits per heavy atom. The number of fused-ring (bicyclic) bond motifs is 10. The maximum Gasteiger partial charge on any atom is 0.331 e. The minimum atomic E-state index is -2.59. The first-order valence-corrected chi connectivity index (χ1v) is 14.2. The monoisotopic (exact) mass is 474 g/mol. The molecule has 6 aliphatic rings. The summed E-state index contributed by atoms with van der Waals surface area (Å²) in [5.74, 6) is -2.46. The Bertz CT molecular complexity index is 859. The van der Waals surface area contributed by atoms with Crippen molar-refractivity contribution in [2.45, 2.75) is 37.5 Å². The van der Waals surface area contributed by atoms with Gasteiger partial charge in [-0.05, 0) is 13.1 Å². The van der Waals surface area contributed by atoms with Crippen molar-refractivity contribution in [2.24, 2.45) is 23.7 Å². The lowest BCUT2D eigenvalue weighted by Gasteiger charge is -2.26. The van der Waals surface area contributed by atoms with Crippen molar-refractivity contribution in [2.75, 3.05) is 26.3 Å². The zero-order valence-electron chi connectivity index (χ0n) is 18.4. The van der Waals surface area contributed by atoms with Crippen molar-refractivity contribution in [3.8, 4) is 0 Å². The van der Waals surface area contributed by atoms with Gasteiger partial charge in [0.2, 0.25) is 23.6 Å². The van der Waals surface area contributed by atoms with Gasteiger partial charge in [0.1, 0.15) is 0 Å². The van der Waals surface area contributed by atoms with E-state index in [1.54, 1.807) is 0 Å². The summed E-state index contributed by atoms with van der Waals surface area (Å²) in [4.78, 5) is 53.3. The number of carbonyl (C=O) groups excluding carboxylic acids is 4. The van der Waals surface area contributed by atoms with Crippen molar-refractivity contribution >= 4 is 32.2 Å². The number of hydrogen-bond acceptors (Lipinski definition) is 8. The molecule has 4 amide bonds. The predicted octanol–water partition coefficient (Wildman–Crippen LogP) is -0.402. The van der Waals surface area contributed by atoms with Gasteiger partial charge in [-0.15, -0.1) is 0 Å². The highest BCUT2D eigenvalue weighted by Crippen LogP contribution is 2.46. The first kappa shape index (κ1) is 21.4. The third-order valence-electron chi connectivity index (χ3n) is 7.53. The molecule has 4 saturated heterocycles. The van der Waals surface area contributed by atoms with Crippen LogP contribution in [0.4, 0.5) is 0 Å². The number of nitrogens with zero attached hydrogens (tertiary/aromatic N) is 2. The van der Waals surface area contributed by atoms with Crippen LogP contribution in [0, 0.1) is 23.7 Å². The van der Waals surface area contributed by atoms with Crippen LogP contribution < -0.4 is 0 Å². The number of amides is 4. The summed E-state index contributed by atoms with van der Waals surface area (Å²) in [7, 11) is -2.59. The van der Waals surface area contributed by atoms with Crippen LogP contribution in [-0.4, -0.2) is 92.7 Å². The molecule has 0 aromatic heterocycles. The summed E-state index contributed by atoms with van der Waals surface area (Å²) >= 11 is 0. The third kappa shape index (κ3) is 3.13. The summed E-state index contributed by atoms with van der Waals surface area (Å²) in [5.41, 5.74) is 0. The Kier molecular flexibility index (Phi) is 4.79. The topological polar surface area (TPSA) is 112 Å². The molecule has 0 aromatic rings. The first-order chi connectivity index (χ1) is 15.8. The summed E-state index contributed by atoms with van der Waals surface area (Å²) in [6.45, 7) is 4.41. The molecule has 0 aromatic carbocycles. The summed E-state index contributed by atoms with van der Waals surface area (Å²) in [6, 6.07) is 0. The normalized spacial score (nSPS) is 40.2. The average Bonchev–Trinajstić information content (AvgIpc) is 3.60. The molecule has 33 heavy (non-hydrogen) atoms. The van der Waals surface area contributed by atoms with Crippen molar-refractivity contribution < 1.29 is 37.5 Å². The maximum atomic E-state index is 12.7. The Hall–Kier alpha value is -2.18. The van der Waals surface area contributed by atoms with Crippen LogP contribution in [0.15, 0.2) is 24.3 Å². The second kappa shape index (κ2) is 7.41. The molecule has 8 unspecified atom stereocenters. The van der Waals surface area contributed by atoms with Gasteiger partial charge in [0.25, 0.3) is 0 Å². The summed E-state index contributed by atoms with van der Waals surface area (Å²) in [5, 5.41) is 0. The van der Waals surface area contributed by atoms with Gasteiger partial charge in [-0.25, -0.2) is 0 Å². The zero-order chi connectivity index (χ0) is 23.1. The van der Waals surface area contributed by atoms with E-state index in [0.717, 1.165) is 0 Å². The number of likely N-dealkylation sites (tertiary alicyclic amines) is 2. The van der Waals surface area contributed by atoms with Crippen LogP contribution in [0.3, 0.4) is 0 Å². The molecular formula is C22H26N2O8Si. The van der Waals surface area contributed by atoms with E-state index >= 15 is 0 Å². The molecule has 6 aliphatic heterocycles. The summed E-state index contributed by atoms with van der Waals surface area (Å²) in [6.07, 6.45) is 6.23. The fourth-order valence-corrected chi connectivity index (χ4v) is 7.23. The van der Waals surface area contributed by atoms with E-state index in [0.29, 0.717) is 0 Å². The molecule has 8 atom stereocenters. The van der Waals surface area contributed by atoms with Gasteiger partial charge in [0.05, 0.1) is 74.4 Å². The molecular weight excluding hydrogens is 448 g/mol.